The first-order chi connectivity index (χ1) is 8.36. The van der Waals surface area contributed by atoms with Crippen molar-refractivity contribution in [2.24, 2.45) is 5.92 Å². The molecule has 2 unspecified atom stereocenters. The number of allylic oxidation sites excluding steroid dienone is 2. The van der Waals surface area contributed by atoms with Gasteiger partial charge in [0.1, 0.15) is 11.9 Å². The zero-order valence-electron chi connectivity index (χ0n) is 9.73. The van der Waals surface area contributed by atoms with Crippen LogP contribution >= 0.6 is 15.9 Å². The van der Waals surface area contributed by atoms with E-state index in [0.717, 1.165) is 0 Å². The van der Waals surface area contributed by atoms with E-state index in [2.05, 4.69) is 15.9 Å². The van der Waals surface area contributed by atoms with Crippen molar-refractivity contribution < 1.29 is 24.5 Å². The van der Waals surface area contributed by atoms with Crippen LogP contribution in [-0.4, -0.2) is 28.1 Å². The Morgan fingerprint density at radius 3 is 2.61 bits per heavy atom. The van der Waals surface area contributed by atoms with Crippen molar-refractivity contribution >= 4 is 27.7 Å². The molecular formula is C12H11BrO5. The van der Waals surface area contributed by atoms with Gasteiger partial charge in [-0.3, -0.25) is 4.79 Å². The molecule has 0 aromatic carbocycles. The SMILES string of the molecule is CC1OC=C2C(=O)C(C(=O)O)=C(O)C(Br)=C2C1C. The summed E-state index contributed by atoms with van der Waals surface area (Å²) in [5.74, 6) is -2.83. The Bertz CT molecular complexity index is 541. The molecule has 0 spiro atoms. The molecule has 1 aliphatic carbocycles. The van der Waals surface area contributed by atoms with Crippen molar-refractivity contribution in [1.29, 1.82) is 0 Å². The average Bonchev–Trinajstić information content (AvgIpc) is 2.29. The van der Waals surface area contributed by atoms with E-state index in [0.29, 0.717) is 5.57 Å². The summed E-state index contributed by atoms with van der Waals surface area (Å²) in [6, 6.07) is 0. The molecule has 5 nitrogen and oxygen atoms in total. The number of aliphatic carboxylic acids is 1. The third kappa shape index (κ3) is 1.68. The van der Waals surface area contributed by atoms with Crippen LogP contribution in [0, 0.1) is 5.92 Å². The maximum Gasteiger partial charge on any atom is 0.343 e. The van der Waals surface area contributed by atoms with E-state index in [-0.39, 0.29) is 22.1 Å². The lowest BCUT2D eigenvalue weighted by Crippen LogP contribution is -2.32. The molecule has 0 amide bonds. The number of ketones is 1. The molecule has 0 aromatic rings. The highest BCUT2D eigenvalue weighted by molar-refractivity contribution is 9.12. The summed E-state index contributed by atoms with van der Waals surface area (Å²) in [6.07, 6.45) is 1.11. The number of halogens is 1. The van der Waals surface area contributed by atoms with Crippen LogP contribution in [0.25, 0.3) is 0 Å². The molecule has 2 aliphatic rings. The Hall–Kier alpha value is -1.56. The molecule has 18 heavy (non-hydrogen) atoms. The van der Waals surface area contributed by atoms with Gasteiger partial charge in [-0.2, -0.15) is 0 Å². The number of Topliss-reactive ketones (excluding diaryl/α,β-unsaturated/α-hetero) is 1. The first kappa shape index (κ1) is 12.9. The van der Waals surface area contributed by atoms with Gasteiger partial charge in [-0.15, -0.1) is 0 Å². The van der Waals surface area contributed by atoms with Crippen molar-refractivity contribution in [3.8, 4) is 0 Å². The maximum atomic E-state index is 12.0. The first-order valence-corrected chi connectivity index (χ1v) is 6.12. The molecule has 0 saturated heterocycles. The van der Waals surface area contributed by atoms with Crippen LogP contribution in [0.5, 0.6) is 0 Å². The molecule has 0 aromatic heterocycles. The third-order valence-corrected chi connectivity index (χ3v) is 4.02. The molecule has 0 radical (unpaired) electrons. The molecule has 96 valence electrons. The molecular weight excluding hydrogens is 304 g/mol. The molecule has 0 saturated carbocycles. The summed E-state index contributed by atoms with van der Waals surface area (Å²) in [7, 11) is 0. The lowest BCUT2D eigenvalue weighted by Gasteiger charge is -2.32. The minimum Gasteiger partial charge on any atom is -0.506 e. The van der Waals surface area contributed by atoms with Crippen molar-refractivity contribution in [1.82, 2.24) is 0 Å². The molecule has 6 heteroatoms. The van der Waals surface area contributed by atoms with Gasteiger partial charge in [-0.25, -0.2) is 4.79 Å². The van der Waals surface area contributed by atoms with E-state index in [4.69, 9.17) is 9.84 Å². The van der Waals surface area contributed by atoms with Gasteiger partial charge in [0.05, 0.1) is 16.3 Å². The fourth-order valence-electron chi connectivity index (χ4n) is 2.01. The minimum absolute atomic E-state index is 0.124. The first-order valence-electron chi connectivity index (χ1n) is 5.33. The number of carbonyl (C=O) groups is 2. The Kier molecular flexibility index (Phi) is 3.06. The highest BCUT2D eigenvalue weighted by Crippen LogP contribution is 2.41. The second kappa shape index (κ2) is 4.28. The van der Waals surface area contributed by atoms with Gasteiger partial charge in [-0.05, 0) is 28.4 Å². The molecule has 0 fully saturated rings. The molecule has 2 atom stereocenters. The Morgan fingerprint density at radius 2 is 2.06 bits per heavy atom. The van der Waals surface area contributed by atoms with E-state index in [1.54, 1.807) is 0 Å². The number of hydrogen-bond acceptors (Lipinski definition) is 4. The summed E-state index contributed by atoms with van der Waals surface area (Å²) >= 11 is 3.16. The third-order valence-electron chi connectivity index (χ3n) is 3.22. The number of fused-ring (bicyclic) bond motifs is 1. The van der Waals surface area contributed by atoms with Gasteiger partial charge in [0, 0.05) is 5.92 Å². The van der Waals surface area contributed by atoms with Crippen LogP contribution in [0.4, 0.5) is 0 Å². The minimum atomic E-state index is -1.46. The fraction of sp³-hybridized carbons (Fsp3) is 0.333. The average molecular weight is 315 g/mol. The van der Waals surface area contributed by atoms with Gasteiger partial charge in [0.15, 0.2) is 5.57 Å². The molecule has 2 N–H and O–H groups in total. The molecule has 1 aliphatic heterocycles. The summed E-state index contributed by atoms with van der Waals surface area (Å²) in [6.45, 7) is 3.68. The Labute approximate surface area is 112 Å². The Balaban J connectivity index is 2.69. The summed E-state index contributed by atoms with van der Waals surface area (Å²) in [5, 5.41) is 18.8. The van der Waals surface area contributed by atoms with Crippen LogP contribution in [0.3, 0.4) is 0 Å². The smallest absolute Gasteiger partial charge is 0.343 e. The van der Waals surface area contributed by atoms with Crippen LogP contribution in [0.1, 0.15) is 13.8 Å². The van der Waals surface area contributed by atoms with Crippen LogP contribution in [0.15, 0.2) is 33.2 Å². The predicted octanol–water partition coefficient (Wildman–Crippen LogP) is 2.05. The number of carbonyl (C=O) groups excluding carboxylic acids is 1. The number of carboxylic acid groups (broad SMARTS) is 1. The topological polar surface area (TPSA) is 83.8 Å². The molecule has 0 bridgehead atoms. The van der Waals surface area contributed by atoms with Crippen molar-refractivity contribution in [2.75, 3.05) is 0 Å². The summed E-state index contributed by atoms with van der Waals surface area (Å²) in [5.41, 5.74) is 0.131. The largest absolute Gasteiger partial charge is 0.506 e. The highest BCUT2D eigenvalue weighted by atomic mass is 79.9. The Morgan fingerprint density at radius 1 is 1.44 bits per heavy atom. The van der Waals surface area contributed by atoms with Crippen LogP contribution in [0.2, 0.25) is 0 Å². The standard InChI is InChI=1S/C12H11BrO5/c1-4-5(2)18-3-6-7(4)9(13)11(15)8(10(6)14)12(16)17/h3-5,15H,1-2H3,(H,16,17). The van der Waals surface area contributed by atoms with Crippen molar-refractivity contribution in [3.05, 3.63) is 33.2 Å². The quantitative estimate of drug-likeness (QED) is 0.724. The lowest BCUT2D eigenvalue weighted by molar-refractivity contribution is -0.134. The van der Waals surface area contributed by atoms with E-state index in [9.17, 15) is 14.7 Å². The normalized spacial score (nSPS) is 27.7. The fourth-order valence-corrected chi connectivity index (χ4v) is 2.78. The monoisotopic (exact) mass is 314 g/mol. The van der Waals surface area contributed by atoms with Crippen molar-refractivity contribution in [3.63, 3.8) is 0 Å². The summed E-state index contributed by atoms with van der Waals surface area (Å²) < 4.78 is 5.55. The zero-order chi connectivity index (χ0) is 13.6. The number of aliphatic hydroxyl groups excluding tert-OH is 1. The molecule has 2 rings (SSSR count). The number of aliphatic hydroxyl groups is 1. The van der Waals surface area contributed by atoms with E-state index >= 15 is 0 Å². The van der Waals surface area contributed by atoms with Gasteiger partial charge in [0.25, 0.3) is 0 Å². The number of rotatable bonds is 1. The molecule has 1 heterocycles. The lowest BCUT2D eigenvalue weighted by atomic mass is 9.81. The number of ether oxygens (including phenoxy) is 1. The van der Waals surface area contributed by atoms with Gasteiger partial charge in [-0.1, -0.05) is 6.92 Å². The van der Waals surface area contributed by atoms with E-state index < -0.39 is 23.1 Å². The van der Waals surface area contributed by atoms with Crippen molar-refractivity contribution in [2.45, 2.75) is 20.0 Å². The van der Waals surface area contributed by atoms with Gasteiger partial charge < -0.3 is 14.9 Å². The van der Waals surface area contributed by atoms with Crippen LogP contribution < -0.4 is 0 Å². The van der Waals surface area contributed by atoms with Gasteiger partial charge in [0.2, 0.25) is 5.78 Å². The predicted molar refractivity (Wildman–Crippen MR) is 66.0 cm³/mol. The highest BCUT2D eigenvalue weighted by Gasteiger charge is 2.40. The van der Waals surface area contributed by atoms with Crippen LogP contribution in [-0.2, 0) is 14.3 Å². The van der Waals surface area contributed by atoms with E-state index in [1.165, 1.54) is 6.26 Å². The van der Waals surface area contributed by atoms with Gasteiger partial charge >= 0.3 is 5.97 Å². The zero-order valence-corrected chi connectivity index (χ0v) is 11.3. The van der Waals surface area contributed by atoms with E-state index in [1.807, 2.05) is 13.8 Å². The number of hydrogen-bond donors (Lipinski definition) is 2. The summed E-state index contributed by atoms with van der Waals surface area (Å²) in [4.78, 5) is 23.0. The maximum absolute atomic E-state index is 12.0. The second-order valence-electron chi connectivity index (χ2n) is 4.25. The number of carboxylic acids is 1. The second-order valence-corrected chi connectivity index (χ2v) is 5.04.